The Bertz CT molecular complexity index is 198. The summed E-state index contributed by atoms with van der Waals surface area (Å²) in [6.07, 6.45) is 6.12. The molecule has 0 amide bonds. The first kappa shape index (κ1) is 8.21. The van der Waals surface area contributed by atoms with E-state index >= 15 is 0 Å². The fraction of sp³-hybridized carbons (Fsp3) is 1.00. The van der Waals surface area contributed by atoms with Crippen molar-refractivity contribution in [3.05, 3.63) is 4.91 Å². The predicted molar refractivity (Wildman–Crippen MR) is 48.9 cm³/mol. The summed E-state index contributed by atoms with van der Waals surface area (Å²) in [6.45, 7) is 4.48. The van der Waals surface area contributed by atoms with Crippen molar-refractivity contribution in [2.24, 2.45) is 16.0 Å². The third-order valence-electron chi connectivity index (χ3n) is 4.19. The lowest BCUT2D eigenvalue weighted by atomic mass is 9.67. The van der Waals surface area contributed by atoms with Crippen molar-refractivity contribution in [1.29, 1.82) is 0 Å². The summed E-state index contributed by atoms with van der Waals surface area (Å²) in [6, 6.07) is 0.0961. The SMILES string of the molecule is CC12CCCC(C)(CC1)C2N=O. The predicted octanol–water partition coefficient (Wildman–Crippen LogP) is 3.11. The molecule has 0 N–H and O–H groups in total. The van der Waals surface area contributed by atoms with Crippen LogP contribution < -0.4 is 0 Å². The van der Waals surface area contributed by atoms with Crippen LogP contribution in [0.15, 0.2) is 5.18 Å². The average Bonchev–Trinajstić information content (AvgIpc) is 2.14. The molecule has 2 fully saturated rings. The summed E-state index contributed by atoms with van der Waals surface area (Å²) in [5.41, 5.74) is 0.490. The molecule has 68 valence electrons. The topological polar surface area (TPSA) is 29.4 Å². The number of nitroso groups, excluding NO2 is 1. The highest BCUT2D eigenvalue weighted by Gasteiger charge is 2.55. The zero-order chi connectivity index (χ0) is 8.82. The van der Waals surface area contributed by atoms with E-state index in [-0.39, 0.29) is 16.9 Å². The molecule has 0 aromatic heterocycles. The fourth-order valence-electron chi connectivity index (χ4n) is 3.36. The van der Waals surface area contributed by atoms with E-state index in [0.29, 0.717) is 0 Å². The van der Waals surface area contributed by atoms with Gasteiger partial charge >= 0.3 is 0 Å². The van der Waals surface area contributed by atoms with E-state index in [1.54, 1.807) is 0 Å². The van der Waals surface area contributed by atoms with Crippen molar-refractivity contribution in [2.45, 2.75) is 52.0 Å². The molecule has 2 saturated carbocycles. The van der Waals surface area contributed by atoms with Gasteiger partial charge in [-0.25, -0.2) is 0 Å². The summed E-state index contributed by atoms with van der Waals surface area (Å²) in [5.74, 6) is 0. The molecule has 2 aliphatic rings. The van der Waals surface area contributed by atoms with E-state index in [1.165, 1.54) is 32.1 Å². The smallest absolute Gasteiger partial charge is 0.103 e. The molecule has 2 rings (SSSR count). The van der Waals surface area contributed by atoms with E-state index in [9.17, 15) is 4.91 Å². The molecule has 0 aromatic carbocycles. The molecule has 2 nitrogen and oxygen atoms in total. The molecular weight excluding hydrogens is 150 g/mol. The second-order valence-electron chi connectivity index (χ2n) is 5.17. The molecule has 2 atom stereocenters. The highest BCUT2D eigenvalue weighted by molar-refractivity contribution is 5.07. The molecule has 2 bridgehead atoms. The molecule has 0 radical (unpaired) electrons. The van der Waals surface area contributed by atoms with E-state index < -0.39 is 0 Å². The van der Waals surface area contributed by atoms with Gasteiger partial charge in [-0.05, 0) is 36.5 Å². The van der Waals surface area contributed by atoms with Crippen LogP contribution in [0.3, 0.4) is 0 Å². The van der Waals surface area contributed by atoms with Gasteiger partial charge in [0.1, 0.15) is 6.04 Å². The minimum absolute atomic E-state index is 0.0961. The number of nitrogens with zero attached hydrogens (tertiary/aromatic N) is 1. The first-order valence-electron chi connectivity index (χ1n) is 4.93. The van der Waals surface area contributed by atoms with Gasteiger partial charge in [-0.2, -0.15) is 4.91 Å². The monoisotopic (exact) mass is 167 g/mol. The Kier molecular flexibility index (Phi) is 1.57. The quantitative estimate of drug-likeness (QED) is 0.552. The maximum atomic E-state index is 10.8. The average molecular weight is 167 g/mol. The van der Waals surface area contributed by atoms with E-state index in [2.05, 4.69) is 19.0 Å². The molecule has 0 heterocycles. The van der Waals surface area contributed by atoms with Gasteiger partial charge in [-0.3, -0.25) is 0 Å². The molecule has 0 spiro atoms. The number of fused-ring (bicyclic) bond motifs is 2. The zero-order valence-electron chi connectivity index (χ0n) is 7.97. The summed E-state index contributed by atoms with van der Waals surface area (Å²) < 4.78 is 0. The van der Waals surface area contributed by atoms with Crippen LogP contribution in [0.25, 0.3) is 0 Å². The summed E-state index contributed by atoms with van der Waals surface area (Å²) in [5, 5.41) is 3.37. The normalized spacial score (nSPS) is 52.3. The van der Waals surface area contributed by atoms with Crippen LogP contribution in [-0.2, 0) is 0 Å². The van der Waals surface area contributed by atoms with Crippen molar-refractivity contribution in [3.8, 4) is 0 Å². The van der Waals surface area contributed by atoms with Crippen LogP contribution in [0, 0.1) is 15.7 Å². The van der Waals surface area contributed by atoms with E-state index in [4.69, 9.17) is 0 Å². The third kappa shape index (κ3) is 0.868. The highest BCUT2D eigenvalue weighted by atomic mass is 16.3. The van der Waals surface area contributed by atoms with Crippen LogP contribution >= 0.6 is 0 Å². The second-order valence-corrected chi connectivity index (χ2v) is 5.17. The maximum absolute atomic E-state index is 10.8. The van der Waals surface area contributed by atoms with Crippen molar-refractivity contribution < 1.29 is 0 Å². The van der Waals surface area contributed by atoms with E-state index in [0.717, 1.165) is 0 Å². The Balaban J connectivity index is 2.34. The van der Waals surface area contributed by atoms with Crippen molar-refractivity contribution in [3.63, 3.8) is 0 Å². The van der Waals surface area contributed by atoms with Gasteiger partial charge in [-0.1, -0.05) is 25.4 Å². The Morgan fingerprint density at radius 1 is 1.08 bits per heavy atom. The van der Waals surface area contributed by atoms with Crippen molar-refractivity contribution in [1.82, 2.24) is 0 Å². The minimum atomic E-state index is 0.0961. The van der Waals surface area contributed by atoms with Crippen LogP contribution in [-0.4, -0.2) is 6.04 Å². The molecular formula is C10H17NO. The number of hydrogen-bond acceptors (Lipinski definition) is 2. The Hall–Kier alpha value is -0.400. The Morgan fingerprint density at radius 2 is 1.58 bits per heavy atom. The molecule has 0 aromatic rings. The van der Waals surface area contributed by atoms with Gasteiger partial charge in [0, 0.05) is 0 Å². The Labute approximate surface area is 73.7 Å². The van der Waals surface area contributed by atoms with Gasteiger partial charge in [0.25, 0.3) is 0 Å². The lowest BCUT2D eigenvalue weighted by Crippen LogP contribution is -2.39. The Morgan fingerprint density at radius 3 is 1.92 bits per heavy atom. The molecule has 12 heavy (non-hydrogen) atoms. The number of rotatable bonds is 1. The van der Waals surface area contributed by atoms with Crippen LogP contribution in [0.1, 0.15) is 46.0 Å². The summed E-state index contributed by atoms with van der Waals surface area (Å²) in [4.78, 5) is 10.8. The molecule has 2 aliphatic carbocycles. The number of hydrogen-bond donors (Lipinski definition) is 0. The first-order valence-corrected chi connectivity index (χ1v) is 4.93. The standard InChI is InChI=1S/C10H17NO/c1-9-4-3-5-10(2,7-6-9)8(9)11-12/h8H,3-7H2,1-2H3. The largest absolute Gasteiger partial charge is 0.150 e. The lowest BCUT2D eigenvalue weighted by Gasteiger charge is -2.39. The summed E-state index contributed by atoms with van der Waals surface area (Å²) in [7, 11) is 0. The first-order chi connectivity index (χ1) is 5.61. The zero-order valence-corrected chi connectivity index (χ0v) is 7.97. The second kappa shape index (κ2) is 2.30. The van der Waals surface area contributed by atoms with Gasteiger partial charge in [-0.15, -0.1) is 0 Å². The van der Waals surface area contributed by atoms with Crippen molar-refractivity contribution >= 4 is 0 Å². The van der Waals surface area contributed by atoms with Crippen LogP contribution in [0.4, 0.5) is 0 Å². The van der Waals surface area contributed by atoms with Gasteiger partial charge < -0.3 is 0 Å². The fourth-order valence-corrected chi connectivity index (χ4v) is 3.36. The molecule has 2 heteroatoms. The van der Waals surface area contributed by atoms with E-state index in [1.807, 2.05) is 0 Å². The van der Waals surface area contributed by atoms with Gasteiger partial charge in [0.15, 0.2) is 0 Å². The lowest BCUT2D eigenvalue weighted by molar-refractivity contribution is 0.129. The third-order valence-corrected chi connectivity index (χ3v) is 4.19. The molecule has 0 saturated heterocycles. The molecule has 2 unspecified atom stereocenters. The van der Waals surface area contributed by atoms with Crippen LogP contribution in [0.5, 0.6) is 0 Å². The minimum Gasteiger partial charge on any atom is -0.150 e. The maximum Gasteiger partial charge on any atom is 0.103 e. The highest BCUT2D eigenvalue weighted by Crippen LogP contribution is 2.59. The van der Waals surface area contributed by atoms with Gasteiger partial charge in [0.05, 0.1) is 0 Å². The van der Waals surface area contributed by atoms with Gasteiger partial charge in [0.2, 0.25) is 0 Å². The molecule has 0 aliphatic heterocycles. The van der Waals surface area contributed by atoms with Crippen LogP contribution in [0.2, 0.25) is 0 Å². The summed E-state index contributed by atoms with van der Waals surface area (Å²) >= 11 is 0. The van der Waals surface area contributed by atoms with Crippen molar-refractivity contribution in [2.75, 3.05) is 0 Å².